The zero-order valence-electron chi connectivity index (χ0n) is 19.8. The first kappa shape index (κ1) is 25.2. The van der Waals surface area contributed by atoms with Crippen LogP contribution in [0.3, 0.4) is 0 Å². The zero-order valence-corrected chi connectivity index (χ0v) is 21.3. The summed E-state index contributed by atoms with van der Waals surface area (Å²) >= 11 is 6.19. The summed E-state index contributed by atoms with van der Waals surface area (Å²) in [4.78, 5) is 15.1. The Morgan fingerprint density at radius 2 is 1.66 bits per heavy atom. The molecule has 3 aromatic carbocycles. The average Bonchev–Trinajstić information content (AvgIpc) is 2.84. The molecule has 2 N–H and O–H groups in total. The number of halogens is 1. The Labute approximate surface area is 212 Å². The fourth-order valence-electron chi connectivity index (χ4n) is 4.19. The molecule has 0 unspecified atom stereocenters. The molecule has 0 spiro atoms. The van der Waals surface area contributed by atoms with Crippen LogP contribution in [0.1, 0.15) is 46.3 Å². The second kappa shape index (κ2) is 11.2. The monoisotopic (exact) mass is 511 g/mol. The van der Waals surface area contributed by atoms with Crippen molar-refractivity contribution in [2.45, 2.75) is 44.2 Å². The molecule has 6 nitrogen and oxygen atoms in total. The van der Waals surface area contributed by atoms with Gasteiger partial charge in [-0.15, -0.1) is 0 Å². The van der Waals surface area contributed by atoms with E-state index >= 15 is 0 Å². The van der Waals surface area contributed by atoms with E-state index in [-0.39, 0.29) is 21.4 Å². The summed E-state index contributed by atoms with van der Waals surface area (Å²) in [5, 5.41) is 2.91. The number of hydrogen-bond acceptors (Lipinski definition) is 4. The van der Waals surface area contributed by atoms with Crippen molar-refractivity contribution in [1.29, 1.82) is 0 Å². The summed E-state index contributed by atoms with van der Waals surface area (Å²) in [5.74, 6) is -0.369. The lowest BCUT2D eigenvalue weighted by atomic mass is 10.1. The number of aryl methyl sites for hydroxylation is 1. The van der Waals surface area contributed by atoms with Crippen LogP contribution in [0.5, 0.6) is 0 Å². The van der Waals surface area contributed by atoms with Crippen molar-refractivity contribution in [2.24, 2.45) is 0 Å². The van der Waals surface area contributed by atoms with Gasteiger partial charge in [0.15, 0.2) is 0 Å². The topological polar surface area (TPSA) is 78.5 Å². The van der Waals surface area contributed by atoms with Gasteiger partial charge in [-0.05, 0) is 79.9 Å². The standard InChI is InChI=1S/C27H30ClN3O3S/c1-20-6-5-7-24(16-20)30-35(33,34)26-17-23(12-13-25(26)28)27(32)29-18-21-8-10-22(11-9-21)19-31-14-3-2-4-15-31/h5-13,16-17,30H,2-4,14-15,18-19H2,1H3,(H,29,32). The third kappa shape index (κ3) is 6.84. The molecule has 0 saturated carbocycles. The van der Waals surface area contributed by atoms with Gasteiger partial charge in [0.25, 0.3) is 15.9 Å². The van der Waals surface area contributed by atoms with E-state index in [0.29, 0.717) is 12.2 Å². The van der Waals surface area contributed by atoms with Gasteiger partial charge in [0, 0.05) is 24.3 Å². The molecule has 1 saturated heterocycles. The smallest absolute Gasteiger partial charge is 0.263 e. The van der Waals surface area contributed by atoms with Crippen LogP contribution < -0.4 is 10.0 Å². The minimum Gasteiger partial charge on any atom is -0.348 e. The van der Waals surface area contributed by atoms with Crippen molar-refractivity contribution >= 4 is 33.2 Å². The molecule has 1 aliphatic heterocycles. The highest BCUT2D eigenvalue weighted by atomic mass is 35.5. The maximum atomic E-state index is 12.9. The van der Waals surface area contributed by atoms with E-state index in [1.54, 1.807) is 18.2 Å². The van der Waals surface area contributed by atoms with Gasteiger partial charge < -0.3 is 5.32 Å². The van der Waals surface area contributed by atoms with Gasteiger partial charge in [-0.2, -0.15) is 0 Å². The Bertz CT molecular complexity index is 1290. The van der Waals surface area contributed by atoms with Crippen LogP contribution in [-0.2, 0) is 23.1 Å². The summed E-state index contributed by atoms with van der Waals surface area (Å²) in [7, 11) is -3.97. The number of likely N-dealkylation sites (tertiary alicyclic amines) is 1. The molecule has 184 valence electrons. The molecular formula is C27H30ClN3O3S. The number of rotatable bonds is 8. The van der Waals surface area contributed by atoms with Gasteiger partial charge >= 0.3 is 0 Å². The van der Waals surface area contributed by atoms with Gasteiger partial charge in [0.05, 0.1) is 5.02 Å². The van der Waals surface area contributed by atoms with Crippen molar-refractivity contribution in [2.75, 3.05) is 17.8 Å². The average molecular weight is 512 g/mol. The van der Waals surface area contributed by atoms with Crippen molar-refractivity contribution < 1.29 is 13.2 Å². The third-order valence-electron chi connectivity index (χ3n) is 6.08. The van der Waals surface area contributed by atoms with Gasteiger partial charge in [0.2, 0.25) is 0 Å². The number of hydrogen-bond donors (Lipinski definition) is 2. The number of nitrogens with one attached hydrogen (secondary N) is 2. The fourth-order valence-corrected chi connectivity index (χ4v) is 5.77. The Balaban J connectivity index is 1.39. The molecular weight excluding hydrogens is 482 g/mol. The Hall–Kier alpha value is -2.87. The summed E-state index contributed by atoms with van der Waals surface area (Å²) < 4.78 is 28.4. The predicted octanol–water partition coefficient (Wildman–Crippen LogP) is 5.37. The molecule has 35 heavy (non-hydrogen) atoms. The first-order chi connectivity index (χ1) is 16.8. The molecule has 0 bridgehead atoms. The molecule has 0 atom stereocenters. The lowest BCUT2D eigenvalue weighted by Gasteiger charge is -2.26. The van der Waals surface area contributed by atoms with Crippen LogP contribution in [0.25, 0.3) is 0 Å². The van der Waals surface area contributed by atoms with E-state index in [1.807, 2.05) is 25.1 Å². The molecule has 1 fully saturated rings. The van der Waals surface area contributed by atoms with E-state index in [9.17, 15) is 13.2 Å². The van der Waals surface area contributed by atoms with Crippen LogP contribution in [0.2, 0.25) is 5.02 Å². The lowest BCUT2D eigenvalue weighted by molar-refractivity contribution is 0.0950. The molecule has 1 aliphatic rings. The maximum Gasteiger partial charge on any atom is 0.263 e. The Morgan fingerprint density at radius 3 is 2.37 bits per heavy atom. The molecule has 4 rings (SSSR count). The number of nitrogens with zero attached hydrogens (tertiary/aromatic N) is 1. The number of amides is 1. The van der Waals surface area contributed by atoms with Crippen LogP contribution in [0.4, 0.5) is 5.69 Å². The zero-order chi connectivity index (χ0) is 24.8. The predicted molar refractivity (Wildman–Crippen MR) is 140 cm³/mol. The van der Waals surface area contributed by atoms with Gasteiger partial charge in [0.1, 0.15) is 4.90 Å². The van der Waals surface area contributed by atoms with Crippen molar-refractivity contribution in [3.63, 3.8) is 0 Å². The first-order valence-corrected chi connectivity index (χ1v) is 13.6. The highest BCUT2D eigenvalue weighted by Crippen LogP contribution is 2.25. The Morgan fingerprint density at radius 1 is 0.943 bits per heavy atom. The largest absolute Gasteiger partial charge is 0.348 e. The number of carbonyl (C=O) groups is 1. The maximum absolute atomic E-state index is 12.9. The minimum atomic E-state index is -3.97. The Kier molecular flexibility index (Phi) is 8.11. The van der Waals surface area contributed by atoms with Gasteiger partial charge in [-0.25, -0.2) is 8.42 Å². The summed E-state index contributed by atoms with van der Waals surface area (Å²) in [6.07, 6.45) is 3.85. The number of anilines is 1. The number of benzene rings is 3. The van der Waals surface area contributed by atoms with Crippen molar-refractivity contribution in [3.8, 4) is 0 Å². The molecule has 1 heterocycles. The molecule has 8 heteroatoms. The van der Waals surface area contributed by atoms with Crippen molar-refractivity contribution in [3.05, 3.63) is 94.0 Å². The van der Waals surface area contributed by atoms with Crippen LogP contribution in [-0.4, -0.2) is 32.3 Å². The van der Waals surface area contributed by atoms with Crippen molar-refractivity contribution in [1.82, 2.24) is 10.2 Å². The lowest BCUT2D eigenvalue weighted by Crippen LogP contribution is -2.29. The third-order valence-corrected chi connectivity index (χ3v) is 7.95. The highest BCUT2D eigenvalue weighted by molar-refractivity contribution is 7.92. The van der Waals surface area contributed by atoms with E-state index in [4.69, 9.17) is 11.6 Å². The molecule has 0 radical (unpaired) electrons. The van der Waals surface area contributed by atoms with Gasteiger partial charge in [-0.3, -0.25) is 14.4 Å². The minimum absolute atomic E-state index is 0.0472. The van der Waals surface area contributed by atoms with Crippen LogP contribution in [0.15, 0.2) is 71.6 Å². The quantitative estimate of drug-likeness (QED) is 0.426. The summed E-state index contributed by atoms with van der Waals surface area (Å²) in [6.45, 7) is 5.46. The summed E-state index contributed by atoms with van der Waals surface area (Å²) in [6, 6.07) is 19.5. The van der Waals surface area contributed by atoms with E-state index < -0.39 is 10.0 Å². The number of sulfonamides is 1. The normalized spacial score (nSPS) is 14.5. The second-order valence-electron chi connectivity index (χ2n) is 8.96. The number of piperidine rings is 1. The van der Waals surface area contributed by atoms with Crippen LogP contribution >= 0.6 is 11.6 Å². The molecule has 0 aromatic heterocycles. The molecule has 3 aromatic rings. The van der Waals surface area contributed by atoms with E-state index in [0.717, 1.165) is 30.8 Å². The van der Waals surface area contributed by atoms with Crippen LogP contribution in [0, 0.1) is 6.92 Å². The summed E-state index contributed by atoms with van der Waals surface area (Å²) in [5.41, 5.74) is 3.81. The molecule has 0 aliphatic carbocycles. The highest BCUT2D eigenvalue weighted by Gasteiger charge is 2.20. The first-order valence-electron chi connectivity index (χ1n) is 11.8. The van der Waals surface area contributed by atoms with Gasteiger partial charge in [-0.1, -0.05) is 54.4 Å². The van der Waals surface area contributed by atoms with E-state index in [2.05, 4.69) is 27.1 Å². The number of carbonyl (C=O) groups excluding carboxylic acids is 1. The fraction of sp³-hybridized carbons (Fsp3) is 0.296. The SMILES string of the molecule is Cc1cccc(NS(=O)(=O)c2cc(C(=O)NCc3ccc(CN4CCCCC4)cc3)ccc2Cl)c1. The van der Waals surface area contributed by atoms with E-state index in [1.165, 1.54) is 43.0 Å². The second-order valence-corrected chi connectivity index (χ2v) is 11.0. The molecule has 1 amide bonds.